The van der Waals surface area contributed by atoms with Crippen molar-refractivity contribution in [3.63, 3.8) is 0 Å². The Morgan fingerprint density at radius 1 is 1.21 bits per heavy atom. The highest BCUT2D eigenvalue weighted by molar-refractivity contribution is 7.07. The number of hydrogen-bond donors (Lipinski definition) is 0. The minimum absolute atomic E-state index is 0.0751. The Kier molecular flexibility index (Phi) is 6.89. The first-order chi connectivity index (χ1) is 18.3. The lowest BCUT2D eigenvalue weighted by Gasteiger charge is -2.24. The molecule has 198 valence electrons. The van der Waals surface area contributed by atoms with E-state index in [1.165, 1.54) is 29.9 Å². The molecular weight excluding hydrogens is 522 g/mol. The number of esters is 1. The van der Waals surface area contributed by atoms with Gasteiger partial charge in [-0.15, -0.1) is 0 Å². The van der Waals surface area contributed by atoms with E-state index in [-0.39, 0.29) is 30.5 Å². The highest BCUT2D eigenvalue weighted by Crippen LogP contribution is 2.38. The molecular formula is C26H22F2N2O7S. The van der Waals surface area contributed by atoms with Gasteiger partial charge in [0.05, 0.1) is 35.6 Å². The largest absolute Gasteiger partial charge is 0.493 e. The lowest BCUT2D eigenvalue weighted by atomic mass is 9.95. The number of hydrogen-bond acceptors (Lipinski definition) is 9. The van der Waals surface area contributed by atoms with Gasteiger partial charge in [0.25, 0.3) is 5.56 Å². The Labute approximate surface area is 218 Å². The Balaban J connectivity index is 1.66. The van der Waals surface area contributed by atoms with Crippen LogP contribution in [0.1, 0.15) is 31.0 Å². The van der Waals surface area contributed by atoms with Gasteiger partial charge < -0.3 is 23.7 Å². The minimum atomic E-state index is -3.01. The van der Waals surface area contributed by atoms with Crippen LogP contribution in [0, 0.1) is 0 Å². The standard InChI is InChI=1S/C26H22F2N2O7S/c1-4-34-24(32)21-13(2)29-26-30(22(21)15-6-8-16-19(11-15)36-12-35-16)23(31)20(38-26)10-14-5-7-17(37-25(27)28)18(9-14)33-3/h5-11,22,25H,4,12H2,1-3H3/b20-10+/t22-/m1/s1. The zero-order chi connectivity index (χ0) is 27.0. The monoisotopic (exact) mass is 544 g/mol. The Hall–Kier alpha value is -4.19. The normalized spacial score (nSPS) is 16.4. The van der Waals surface area contributed by atoms with Crippen LogP contribution in [0.3, 0.4) is 0 Å². The van der Waals surface area contributed by atoms with Crippen molar-refractivity contribution < 1.29 is 37.3 Å². The van der Waals surface area contributed by atoms with Crippen LogP contribution in [-0.4, -0.2) is 37.7 Å². The van der Waals surface area contributed by atoms with E-state index in [0.29, 0.717) is 37.7 Å². The molecule has 1 aromatic heterocycles. The van der Waals surface area contributed by atoms with E-state index in [0.717, 1.165) is 11.3 Å². The van der Waals surface area contributed by atoms with E-state index < -0.39 is 24.2 Å². The van der Waals surface area contributed by atoms with Crippen LogP contribution in [0.2, 0.25) is 0 Å². The van der Waals surface area contributed by atoms with Gasteiger partial charge in [-0.05, 0) is 55.3 Å². The first kappa shape index (κ1) is 25.5. The molecule has 0 unspecified atom stereocenters. The van der Waals surface area contributed by atoms with Crippen LogP contribution < -0.4 is 33.8 Å². The average molecular weight is 545 g/mol. The molecule has 0 aliphatic carbocycles. The third-order valence-corrected chi connectivity index (χ3v) is 6.91. The molecule has 1 atom stereocenters. The zero-order valence-electron chi connectivity index (χ0n) is 20.5. The Morgan fingerprint density at radius 2 is 2.00 bits per heavy atom. The lowest BCUT2D eigenvalue weighted by Crippen LogP contribution is -2.39. The number of carbonyl (C=O) groups is 1. The number of allylic oxidation sites excluding steroid dienone is 1. The Morgan fingerprint density at radius 3 is 2.74 bits per heavy atom. The van der Waals surface area contributed by atoms with E-state index in [9.17, 15) is 18.4 Å². The van der Waals surface area contributed by atoms with Crippen molar-refractivity contribution in [2.24, 2.45) is 4.99 Å². The van der Waals surface area contributed by atoms with Crippen LogP contribution >= 0.6 is 11.3 Å². The summed E-state index contributed by atoms with van der Waals surface area (Å²) in [5.41, 5.74) is 1.41. The molecule has 12 heteroatoms. The van der Waals surface area contributed by atoms with Gasteiger partial charge in [0.1, 0.15) is 0 Å². The summed E-state index contributed by atoms with van der Waals surface area (Å²) in [5, 5.41) is 0. The van der Waals surface area contributed by atoms with Crippen LogP contribution in [0.4, 0.5) is 8.78 Å². The first-order valence-electron chi connectivity index (χ1n) is 11.5. The molecule has 0 saturated heterocycles. The van der Waals surface area contributed by atoms with Gasteiger partial charge in [-0.2, -0.15) is 8.78 Å². The van der Waals surface area contributed by atoms with E-state index in [4.69, 9.17) is 18.9 Å². The topological polar surface area (TPSA) is 97.6 Å². The van der Waals surface area contributed by atoms with Crippen LogP contribution in [0.5, 0.6) is 23.0 Å². The van der Waals surface area contributed by atoms with Gasteiger partial charge in [-0.1, -0.05) is 23.5 Å². The number of halogens is 2. The summed E-state index contributed by atoms with van der Waals surface area (Å²) in [6.07, 6.45) is 1.60. The number of benzene rings is 2. The van der Waals surface area contributed by atoms with E-state index in [1.807, 2.05) is 0 Å². The van der Waals surface area contributed by atoms with Crippen molar-refractivity contribution in [2.45, 2.75) is 26.5 Å². The second-order valence-corrected chi connectivity index (χ2v) is 9.21. The maximum absolute atomic E-state index is 13.7. The van der Waals surface area contributed by atoms with Gasteiger partial charge in [0.15, 0.2) is 27.8 Å². The maximum Gasteiger partial charge on any atom is 0.387 e. The third-order valence-electron chi connectivity index (χ3n) is 5.93. The zero-order valence-corrected chi connectivity index (χ0v) is 21.3. The number of carbonyl (C=O) groups excluding carboxylic acids is 1. The fraction of sp³-hybridized carbons (Fsp3) is 0.269. The number of thiazole rings is 1. The quantitative estimate of drug-likeness (QED) is 0.422. The van der Waals surface area contributed by atoms with Crippen LogP contribution in [-0.2, 0) is 9.53 Å². The van der Waals surface area contributed by atoms with Crippen molar-refractivity contribution in [1.82, 2.24) is 4.57 Å². The van der Waals surface area contributed by atoms with Crippen molar-refractivity contribution in [3.8, 4) is 23.0 Å². The van der Waals surface area contributed by atoms with Crippen molar-refractivity contribution in [1.29, 1.82) is 0 Å². The summed E-state index contributed by atoms with van der Waals surface area (Å²) >= 11 is 1.13. The number of rotatable bonds is 7. The van der Waals surface area contributed by atoms with Gasteiger partial charge in [-0.3, -0.25) is 9.36 Å². The fourth-order valence-corrected chi connectivity index (χ4v) is 5.36. The molecule has 3 heterocycles. The molecule has 9 nitrogen and oxygen atoms in total. The lowest BCUT2D eigenvalue weighted by molar-refractivity contribution is -0.139. The minimum Gasteiger partial charge on any atom is -0.493 e. The van der Waals surface area contributed by atoms with E-state index in [1.54, 1.807) is 38.1 Å². The average Bonchev–Trinajstić information content (AvgIpc) is 3.47. The molecule has 2 aliphatic rings. The van der Waals surface area contributed by atoms with Crippen LogP contribution in [0.25, 0.3) is 6.08 Å². The fourth-order valence-electron chi connectivity index (χ4n) is 4.31. The second kappa shape index (κ2) is 10.3. The van der Waals surface area contributed by atoms with Gasteiger partial charge in [0, 0.05) is 0 Å². The molecule has 0 radical (unpaired) electrons. The molecule has 0 spiro atoms. The van der Waals surface area contributed by atoms with Gasteiger partial charge in [-0.25, -0.2) is 9.79 Å². The van der Waals surface area contributed by atoms with E-state index in [2.05, 4.69) is 9.73 Å². The SMILES string of the molecule is CCOC(=O)C1=C(C)N=c2s/c(=C/c3ccc(OC(F)F)c(OC)c3)c(=O)n2[C@@H]1c1ccc2c(c1)OCO2. The summed E-state index contributed by atoms with van der Waals surface area (Å²) in [6, 6.07) is 8.75. The van der Waals surface area contributed by atoms with Gasteiger partial charge >= 0.3 is 12.6 Å². The molecule has 0 fully saturated rings. The number of fused-ring (bicyclic) bond motifs is 2. The molecule has 0 bridgehead atoms. The number of aromatic nitrogens is 1. The number of ether oxygens (including phenoxy) is 5. The van der Waals surface area contributed by atoms with Crippen LogP contribution in [0.15, 0.2) is 57.5 Å². The Bertz CT molecular complexity index is 1630. The molecule has 2 aliphatic heterocycles. The van der Waals surface area contributed by atoms with E-state index >= 15 is 0 Å². The molecule has 2 aromatic carbocycles. The first-order valence-corrected chi connectivity index (χ1v) is 12.3. The highest BCUT2D eigenvalue weighted by Gasteiger charge is 2.34. The predicted octanol–water partition coefficient (Wildman–Crippen LogP) is 3.14. The molecule has 3 aromatic rings. The smallest absolute Gasteiger partial charge is 0.387 e. The summed E-state index contributed by atoms with van der Waals surface area (Å²) in [4.78, 5) is 31.7. The molecule has 0 saturated carbocycles. The van der Waals surface area contributed by atoms with Crippen molar-refractivity contribution in [2.75, 3.05) is 20.5 Å². The van der Waals surface area contributed by atoms with Crippen molar-refractivity contribution in [3.05, 3.63) is 78.5 Å². The molecule has 0 amide bonds. The molecule has 38 heavy (non-hydrogen) atoms. The summed E-state index contributed by atoms with van der Waals surface area (Å²) < 4.78 is 53.0. The summed E-state index contributed by atoms with van der Waals surface area (Å²) in [7, 11) is 1.33. The third kappa shape index (κ3) is 4.62. The predicted molar refractivity (Wildman–Crippen MR) is 133 cm³/mol. The summed E-state index contributed by atoms with van der Waals surface area (Å²) in [6.45, 7) is 0.610. The second-order valence-electron chi connectivity index (χ2n) is 8.20. The van der Waals surface area contributed by atoms with Gasteiger partial charge in [0.2, 0.25) is 6.79 Å². The number of nitrogens with zero attached hydrogens (tertiary/aromatic N) is 2. The van der Waals surface area contributed by atoms with Crippen molar-refractivity contribution >= 4 is 23.4 Å². The number of methoxy groups -OCH3 is 1. The summed E-state index contributed by atoms with van der Waals surface area (Å²) in [5.74, 6) is 0.447. The maximum atomic E-state index is 13.7. The molecule has 5 rings (SSSR count). The molecule has 0 N–H and O–H groups in total. The highest BCUT2D eigenvalue weighted by atomic mass is 32.1. The number of alkyl halides is 2.